The Balaban J connectivity index is 2.21. The lowest BCUT2D eigenvalue weighted by atomic mass is 9.66. The van der Waals surface area contributed by atoms with Gasteiger partial charge in [-0.05, 0) is 71.0 Å². The molecular formula is C24H32N2O3S. The Morgan fingerprint density at radius 1 is 1.20 bits per heavy atom. The molecule has 5 nitrogen and oxygen atoms in total. The Bertz CT molecular complexity index is 989. The molecule has 1 N–H and O–H groups in total. The predicted octanol–water partition coefficient (Wildman–Crippen LogP) is 7.30. The number of carboxylic acids is 1. The molecule has 1 aromatic heterocycles. The number of hydrogen-bond donors (Lipinski definition) is 1. The second kappa shape index (κ2) is 7.80. The van der Waals surface area contributed by atoms with Crippen LogP contribution in [-0.2, 0) is 10.8 Å². The number of anilines is 2. The van der Waals surface area contributed by atoms with Crippen molar-refractivity contribution in [2.45, 2.75) is 72.1 Å². The zero-order chi connectivity index (χ0) is 22.4. The number of aromatic carboxylic acids is 1. The molecule has 6 heteroatoms. The first kappa shape index (κ1) is 22.5. The first-order valence-electron chi connectivity index (χ1n) is 10.5. The standard InChI is InChI=1S/C24H32N2O3S/c1-14(2)13-26(16-8-9-17(22(27)28)18(12-16)25-29)21-15(3)19-20(30-21)24(6,7)11-10-23(19,4)5/h8-9,12,14H,10-11,13H2,1-7H3,(H,27,28). The fourth-order valence-corrected chi connectivity index (χ4v) is 6.18. The number of carboxylic acid groups (broad SMARTS) is 1. The number of fused-ring (bicyclic) bond motifs is 1. The molecule has 1 aromatic carbocycles. The van der Waals surface area contributed by atoms with Crippen molar-refractivity contribution in [2.24, 2.45) is 11.1 Å². The van der Waals surface area contributed by atoms with Gasteiger partial charge in [-0.15, -0.1) is 16.2 Å². The lowest BCUT2D eigenvalue weighted by Gasteiger charge is -2.39. The van der Waals surface area contributed by atoms with Crippen LogP contribution in [0, 0.1) is 17.7 Å². The molecule has 0 aliphatic heterocycles. The molecule has 0 unspecified atom stereocenters. The van der Waals surface area contributed by atoms with Gasteiger partial charge in [0.05, 0.1) is 10.6 Å². The monoisotopic (exact) mass is 428 g/mol. The number of hydrogen-bond acceptors (Lipinski definition) is 5. The van der Waals surface area contributed by atoms with Crippen molar-refractivity contribution in [1.82, 2.24) is 0 Å². The molecule has 162 valence electrons. The van der Waals surface area contributed by atoms with E-state index in [1.54, 1.807) is 12.1 Å². The number of benzene rings is 1. The van der Waals surface area contributed by atoms with Gasteiger partial charge >= 0.3 is 5.97 Å². The molecule has 0 bridgehead atoms. The highest BCUT2D eigenvalue weighted by atomic mass is 32.1. The van der Waals surface area contributed by atoms with Gasteiger partial charge in [-0.3, -0.25) is 0 Å². The maximum Gasteiger partial charge on any atom is 0.338 e. The number of rotatable bonds is 6. The second-order valence-electron chi connectivity index (χ2n) is 10.1. The number of nitrogens with zero attached hydrogens (tertiary/aromatic N) is 2. The van der Waals surface area contributed by atoms with E-state index in [4.69, 9.17) is 0 Å². The number of nitroso groups, excluding NO2 is 1. The van der Waals surface area contributed by atoms with E-state index in [0.29, 0.717) is 5.92 Å². The molecule has 0 saturated carbocycles. The lowest BCUT2D eigenvalue weighted by Crippen LogP contribution is -2.32. The number of carbonyl (C=O) groups is 1. The SMILES string of the molecule is Cc1c(N(CC(C)C)c2ccc(C(=O)O)c(N=O)c2)sc2c1C(C)(C)CCC2(C)C. The minimum Gasteiger partial charge on any atom is -0.478 e. The largest absolute Gasteiger partial charge is 0.478 e. The van der Waals surface area contributed by atoms with Crippen molar-refractivity contribution in [3.8, 4) is 0 Å². The number of thiophene rings is 1. The van der Waals surface area contributed by atoms with E-state index in [1.807, 2.05) is 11.3 Å². The third kappa shape index (κ3) is 3.89. The van der Waals surface area contributed by atoms with Gasteiger partial charge in [0.2, 0.25) is 0 Å². The van der Waals surface area contributed by atoms with E-state index in [9.17, 15) is 14.8 Å². The van der Waals surface area contributed by atoms with Crippen LogP contribution in [0.2, 0.25) is 0 Å². The smallest absolute Gasteiger partial charge is 0.338 e. The van der Waals surface area contributed by atoms with Crippen LogP contribution in [0.5, 0.6) is 0 Å². The highest BCUT2D eigenvalue weighted by Gasteiger charge is 2.41. The van der Waals surface area contributed by atoms with Crippen LogP contribution < -0.4 is 4.90 Å². The fraction of sp³-hybridized carbons (Fsp3) is 0.542. The quantitative estimate of drug-likeness (QED) is 0.490. The summed E-state index contributed by atoms with van der Waals surface area (Å²) in [6, 6.07) is 4.88. The van der Waals surface area contributed by atoms with Crippen molar-refractivity contribution in [3.63, 3.8) is 0 Å². The summed E-state index contributed by atoms with van der Waals surface area (Å²) in [5.41, 5.74) is 3.69. The van der Waals surface area contributed by atoms with Crippen molar-refractivity contribution < 1.29 is 9.90 Å². The summed E-state index contributed by atoms with van der Waals surface area (Å²) in [5.74, 6) is -0.755. The van der Waals surface area contributed by atoms with Crippen LogP contribution in [0.15, 0.2) is 23.4 Å². The summed E-state index contributed by atoms with van der Waals surface area (Å²) in [6.45, 7) is 16.6. The summed E-state index contributed by atoms with van der Waals surface area (Å²) in [7, 11) is 0. The molecule has 30 heavy (non-hydrogen) atoms. The van der Waals surface area contributed by atoms with E-state index >= 15 is 0 Å². The summed E-state index contributed by atoms with van der Waals surface area (Å²) in [6.07, 6.45) is 2.31. The average Bonchev–Trinajstić information content (AvgIpc) is 3.02. The van der Waals surface area contributed by atoms with E-state index in [2.05, 4.69) is 58.5 Å². The van der Waals surface area contributed by atoms with Crippen LogP contribution >= 0.6 is 11.3 Å². The molecule has 3 rings (SSSR count). The molecule has 2 aromatic rings. The Morgan fingerprint density at radius 3 is 2.37 bits per heavy atom. The topological polar surface area (TPSA) is 70.0 Å². The molecule has 0 radical (unpaired) electrons. The molecular weight excluding hydrogens is 396 g/mol. The molecule has 0 amide bonds. The normalized spacial score (nSPS) is 16.9. The fourth-order valence-electron chi connectivity index (χ4n) is 4.53. The minimum atomic E-state index is -1.14. The zero-order valence-corrected chi connectivity index (χ0v) is 19.8. The minimum absolute atomic E-state index is 0.0339. The average molecular weight is 429 g/mol. The van der Waals surface area contributed by atoms with Gasteiger partial charge in [0.15, 0.2) is 0 Å². The van der Waals surface area contributed by atoms with Crippen LogP contribution in [-0.4, -0.2) is 17.6 Å². The van der Waals surface area contributed by atoms with Crippen LogP contribution in [0.4, 0.5) is 16.4 Å². The Labute approximate surface area is 183 Å². The molecule has 1 aliphatic carbocycles. The maximum atomic E-state index is 11.4. The Kier molecular flexibility index (Phi) is 5.84. The van der Waals surface area contributed by atoms with Gasteiger partial charge in [0.25, 0.3) is 0 Å². The van der Waals surface area contributed by atoms with Crippen LogP contribution in [0.3, 0.4) is 0 Å². The molecule has 1 aliphatic rings. The lowest BCUT2D eigenvalue weighted by molar-refractivity contribution is 0.0698. The predicted molar refractivity (Wildman–Crippen MR) is 125 cm³/mol. The highest BCUT2D eigenvalue weighted by Crippen LogP contribution is 2.54. The van der Waals surface area contributed by atoms with Gasteiger partial charge in [-0.2, -0.15) is 0 Å². The summed E-state index contributed by atoms with van der Waals surface area (Å²) >= 11 is 1.84. The highest BCUT2D eigenvalue weighted by molar-refractivity contribution is 7.16. The third-order valence-corrected chi connectivity index (χ3v) is 7.88. The van der Waals surface area contributed by atoms with E-state index in [1.165, 1.54) is 27.1 Å². The van der Waals surface area contributed by atoms with Crippen molar-refractivity contribution in [2.75, 3.05) is 11.4 Å². The first-order valence-corrected chi connectivity index (χ1v) is 11.3. The first-order chi connectivity index (χ1) is 13.9. The van der Waals surface area contributed by atoms with Gasteiger partial charge < -0.3 is 10.0 Å². The Hall–Kier alpha value is -2.21. The Morgan fingerprint density at radius 2 is 1.83 bits per heavy atom. The van der Waals surface area contributed by atoms with Crippen molar-refractivity contribution in [1.29, 1.82) is 0 Å². The zero-order valence-electron chi connectivity index (χ0n) is 19.0. The summed E-state index contributed by atoms with van der Waals surface area (Å²) in [5, 5.41) is 13.5. The van der Waals surface area contributed by atoms with Gasteiger partial charge in [-0.25, -0.2) is 4.79 Å². The third-order valence-electron chi connectivity index (χ3n) is 6.20. The van der Waals surface area contributed by atoms with Crippen molar-refractivity contribution in [3.05, 3.63) is 44.7 Å². The molecule has 1 heterocycles. The second-order valence-corrected chi connectivity index (χ2v) is 11.1. The van der Waals surface area contributed by atoms with E-state index in [-0.39, 0.29) is 22.1 Å². The van der Waals surface area contributed by atoms with Crippen LogP contribution in [0.25, 0.3) is 0 Å². The molecule has 0 spiro atoms. The van der Waals surface area contributed by atoms with Gasteiger partial charge in [0, 0.05) is 17.1 Å². The van der Waals surface area contributed by atoms with Gasteiger partial charge in [-0.1, -0.05) is 41.5 Å². The molecule has 0 saturated heterocycles. The molecule has 0 atom stereocenters. The maximum absolute atomic E-state index is 11.4. The van der Waals surface area contributed by atoms with Crippen molar-refractivity contribution >= 4 is 33.7 Å². The van der Waals surface area contributed by atoms with Crippen LogP contribution in [0.1, 0.15) is 80.7 Å². The van der Waals surface area contributed by atoms with Gasteiger partial charge in [0.1, 0.15) is 5.69 Å². The van der Waals surface area contributed by atoms with E-state index < -0.39 is 5.97 Å². The molecule has 0 fully saturated rings. The van der Waals surface area contributed by atoms with E-state index in [0.717, 1.165) is 25.1 Å². The summed E-state index contributed by atoms with van der Waals surface area (Å²) in [4.78, 5) is 26.4. The summed E-state index contributed by atoms with van der Waals surface area (Å²) < 4.78 is 0.